The monoisotopic (exact) mass is 339 g/mol. The number of nitriles is 1. The predicted octanol–water partition coefficient (Wildman–Crippen LogP) is 7.37. The summed E-state index contributed by atoms with van der Waals surface area (Å²) in [6.45, 7) is 2.30. The SMILES string of the molecule is CCCCC[C@H]1CC[C@H](C=C[C@H]2CC[C@H](C=CC=CC#N)CC2)CC1. The van der Waals surface area contributed by atoms with Gasteiger partial charge in [-0.15, -0.1) is 0 Å². The van der Waals surface area contributed by atoms with E-state index in [9.17, 15) is 0 Å². The first kappa shape index (κ1) is 20.0. The summed E-state index contributed by atoms with van der Waals surface area (Å²) in [6, 6.07) is 2.03. The molecule has 0 bridgehead atoms. The number of rotatable bonds is 8. The molecule has 2 fully saturated rings. The lowest BCUT2D eigenvalue weighted by Gasteiger charge is -2.28. The molecule has 0 radical (unpaired) electrons. The van der Waals surface area contributed by atoms with Gasteiger partial charge in [0.1, 0.15) is 0 Å². The molecular weight excluding hydrogens is 302 g/mol. The number of nitrogens with zero attached hydrogens (tertiary/aromatic N) is 1. The smallest absolute Gasteiger partial charge is 0.0912 e. The molecule has 0 aromatic heterocycles. The van der Waals surface area contributed by atoms with Crippen molar-refractivity contribution in [3.63, 3.8) is 0 Å². The highest BCUT2D eigenvalue weighted by molar-refractivity contribution is 5.12. The fraction of sp³-hybridized carbons (Fsp3) is 0.708. The minimum Gasteiger partial charge on any atom is -0.193 e. The lowest BCUT2D eigenvalue weighted by molar-refractivity contribution is 0.287. The maximum absolute atomic E-state index is 8.49. The van der Waals surface area contributed by atoms with Crippen LogP contribution in [0.3, 0.4) is 0 Å². The van der Waals surface area contributed by atoms with Crippen LogP contribution in [0, 0.1) is 35.0 Å². The molecule has 2 rings (SSSR count). The molecule has 2 aliphatic carbocycles. The quantitative estimate of drug-likeness (QED) is 0.196. The van der Waals surface area contributed by atoms with Gasteiger partial charge in [-0.3, -0.25) is 0 Å². The zero-order chi connectivity index (χ0) is 17.7. The standard InChI is InChI=1S/C24H37N/c1-2-3-5-8-21-10-14-23(15-11-21)18-19-24-16-12-22(13-17-24)9-6-4-7-20-25/h4,6-7,9,18-19,21-24H,2-3,5,8,10-17H2,1H3/t21-,22-,23-,24-. The largest absolute Gasteiger partial charge is 0.193 e. The Kier molecular flexibility index (Phi) is 9.71. The maximum atomic E-state index is 8.49. The molecule has 0 saturated heterocycles. The Morgan fingerprint density at radius 1 is 0.760 bits per heavy atom. The van der Waals surface area contributed by atoms with E-state index in [0.717, 1.165) is 17.8 Å². The van der Waals surface area contributed by atoms with Crippen LogP contribution in [-0.4, -0.2) is 0 Å². The molecule has 0 heterocycles. The fourth-order valence-electron chi connectivity index (χ4n) is 4.52. The van der Waals surface area contributed by atoms with E-state index in [2.05, 4.69) is 25.2 Å². The summed E-state index contributed by atoms with van der Waals surface area (Å²) in [4.78, 5) is 0. The Labute approximate surface area is 155 Å². The third kappa shape index (κ3) is 8.08. The van der Waals surface area contributed by atoms with Gasteiger partial charge >= 0.3 is 0 Å². The molecule has 0 spiro atoms. The van der Waals surface area contributed by atoms with Crippen molar-refractivity contribution < 1.29 is 0 Å². The molecule has 25 heavy (non-hydrogen) atoms. The van der Waals surface area contributed by atoms with E-state index in [1.807, 2.05) is 18.2 Å². The Hall–Kier alpha value is -1.29. The van der Waals surface area contributed by atoms with Gasteiger partial charge in [-0.2, -0.15) is 5.26 Å². The normalized spacial score (nSPS) is 31.0. The third-order valence-corrected chi connectivity index (χ3v) is 6.24. The molecule has 1 heteroatoms. The second-order valence-electron chi connectivity index (χ2n) is 8.21. The Balaban J connectivity index is 1.61. The number of hydrogen-bond donors (Lipinski definition) is 0. The average molecular weight is 340 g/mol. The summed E-state index contributed by atoms with van der Waals surface area (Å²) in [5, 5.41) is 8.49. The lowest BCUT2D eigenvalue weighted by atomic mass is 9.78. The summed E-state index contributed by atoms with van der Waals surface area (Å²) in [7, 11) is 0. The van der Waals surface area contributed by atoms with E-state index in [4.69, 9.17) is 5.26 Å². The minimum absolute atomic E-state index is 0.714. The zero-order valence-corrected chi connectivity index (χ0v) is 16.2. The van der Waals surface area contributed by atoms with Crippen molar-refractivity contribution in [1.82, 2.24) is 0 Å². The van der Waals surface area contributed by atoms with E-state index in [-0.39, 0.29) is 0 Å². The molecule has 0 aromatic rings. The van der Waals surface area contributed by atoms with Crippen LogP contribution in [0.15, 0.2) is 36.5 Å². The summed E-state index contributed by atoms with van der Waals surface area (Å²) >= 11 is 0. The summed E-state index contributed by atoms with van der Waals surface area (Å²) in [5.74, 6) is 3.40. The second kappa shape index (κ2) is 12.1. The topological polar surface area (TPSA) is 23.8 Å². The van der Waals surface area contributed by atoms with Gasteiger partial charge in [0.15, 0.2) is 0 Å². The van der Waals surface area contributed by atoms with Gasteiger partial charge in [-0.1, -0.05) is 63.0 Å². The number of unbranched alkanes of at least 4 members (excludes halogenated alkanes) is 2. The zero-order valence-electron chi connectivity index (χ0n) is 16.2. The van der Waals surface area contributed by atoms with E-state index < -0.39 is 0 Å². The molecule has 1 nitrogen and oxygen atoms in total. The number of allylic oxidation sites excluding steroid dienone is 6. The predicted molar refractivity (Wildman–Crippen MR) is 108 cm³/mol. The Morgan fingerprint density at radius 2 is 1.32 bits per heavy atom. The van der Waals surface area contributed by atoms with Gasteiger partial charge in [0, 0.05) is 6.08 Å². The van der Waals surface area contributed by atoms with Crippen LogP contribution in [0.4, 0.5) is 0 Å². The van der Waals surface area contributed by atoms with Crippen LogP contribution in [-0.2, 0) is 0 Å². The van der Waals surface area contributed by atoms with Crippen LogP contribution in [0.5, 0.6) is 0 Å². The Bertz CT molecular complexity index is 463. The van der Waals surface area contributed by atoms with Gasteiger partial charge in [-0.05, 0) is 75.0 Å². The van der Waals surface area contributed by atoms with Crippen LogP contribution in [0.25, 0.3) is 0 Å². The van der Waals surface area contributed by atoms with E-state index in [1.165, 1.54) is 77.0 Å². The first-order valence-corrected chi connectivity index (χ1v) is 10.7. The van der Waals surface area contributed by atoms with Crippen molar-refractivity contribution in [3.05, 3.63) is 36.5 Å². The van der Waals surface area contributed by atoms with E-state index in [1.54, 1.807) is 6.08 Å². The summed E-state index contributed by atoms with van der Waals surface area (Å²) in [6.07, 6.45) is 29.6. The highest BCUT2D eigenvalue weighted by Crippen LogP contribution is 2.34. The minimum atomic E-state index is 0.714. The molecule has 138 valence electrons. The average Bonchev–Trinajstić information content (AvgIpc) is 2.66. The molecular formula is C24H37N. The molecule has 0 atom stereocenters. The first-order chi connectivity index (χ1) is 12.3. The molecule has 0 N–H and O–H groups in total. The first-order valence-electron chi connectivity index (χ1n) is 10.7. The molecule has 0 aromatic carbocycles. The van der Waals surface area contributed by atoms with Crippen molar-refractivity contribution in [2.75, 3.05) is 0 Å². The van der Waals surface area contributed by atoms with E-state index in [0.29, 0.717) is 5.92 Å². The maximum Gasteiger partial charge on any atom is 0.0912 e. The third-order valence-electron chi connectivity index (χ3n) is 6.24. The fourth-order valence-corrected chi connectivity index (χ4v) is 4.52. The summed E-state index contributed by atoms with van der Waals surface area (Å²) < 4.78 is 0. The van der Waals surface area contributed by atoms with Crippen LogP contribution < -0.4 is 0 Å². The van der Waals surface area contributed by atoms with Crippen molar-refractivity contribution in [3.8, 4) is 6.07 Å². The van der Waals surface area contributed by atoms with Crippen molar-refractivity contribution in [2.24, 2.45) is 23.7 Å². The van der Waals surface area contributed by atoms with Gasteiger partial charge in [0.25, 0.3) is 0 Å². The highest BCUT2D eigenvalue weighted by atomic mass is 14.3. The Morgan fingerprint density at radius 3 is 1.88 bits per heavy atom. The van der Waals surface area contributed by atoms with Crippen molar-refractivity contribution in [1.29, 1.82) is 5.26 Å². The van der Waals surface area contributed by atoms with Crippen LogP contribution in [0.2, 0.25) is 0 Å². The molecule has 2 aliphatic rings. The van der Waals surface area contributed by atoms with Gasteiger partial charge in [0.2, 0.25) is 0 Å². The lowest BCUT2D eigenvalue weighted by Crippen LogP contribution is -2.14. The van der Waals surface area contributed by atoms with E-state index >= 15 is 0 Å². The second-order valence-corrected chi connectivity index (χ2v) is 8.21. The van der Waals surface area contributed by atoms with Crippen LogP contribution >= 0.6 is 0 Å². The van der Waals surface area contributed by atoms with Crippen LogP contribution in [0.1, 0.15) is 84.0 Å². The molecule has 0 amide bonds. The highest BCUT2D eigenvalue weighted by Gasteiger charge is 2.21. The van der Waals surface area contributed by atoms with Gasteiger partial charge in [0.05, 0.1) is 6.07 Å². The number of hydrogen-bond acceptors (Lipinski definition) is 1. The molecule has 2 saturated carbocycles. The van der Waals surface area contributed by atoms with Crippen molar-refractivity contribution >= 4 is 0 Å². The van der Waals surface area contributed by atoms with Crippen molar-refractivity contribution in [2.45, 2.75) is 84.0 Å². The molecule has 0 unspecified atom stereocenters. The summed E-state index contributed by atoms with van der Waals surface area (Å²) in [5.41, 5.74) is 0. The van der Waals surface area contributed by atoms with Gasteiger partial charge in [-0.25, -0.2) is 0 Å². The van der Waals surface area contributed by atoms with Gasteiger partial charge < -0.3 is 0 Å². The molecule has 0 aliphatic heterocycles.